The van der Waals surface area contributed by atoms with E-state index in [1.807, 2.05) is 12.1 Å². The molecule has 0 aromatic heterocycles. The number of nitrogens with zero attached hydrogens (tertiary/aromatic N) is 2. The van der Waals surface area contributed by atoms with E-state index in [2.05, 4.69) is 36.2 Å². The van der Waals surface area contributed by atoms with Crippen molar-refractivity contribution in [2.75, 3.05) is 26.9 Å². The highest BCUT2D eigenvalue weighted by atomic mass is 79.9. The third-order valence-electron chi connectivity index (χ3n) is 3.48. The number of ether oxygens (including phenoxy) is 4. The van der Waals surface area contributed by atoms with Crippen LogP contribution in [0.15, 0.2) is 43.9 Å². The van der Waals surface area contributed by atoms with Crippen molar-refractivity contribution in [3.05, 3.63) is 39.2 Å². The molecule has 148 valence electrons. The number of rotatable bonds is 6. The van der Waals surface area contributed by atoms with Gasteiger partial charge in [0.05, 0.1) is 31.4 Å². The zero-order valence-electron chi connectivity index (χ0n) is 14.7. The normalized spacial score (nSPS) is 20.3. The molecule has 0 atom stereocenters. The van der Waals surface area contributed by atoms with Gasteiger partial charge in [0.2, 0.25) is 0 Å². The van der Waals surface area contributed by atoms with Crippen molar-refractivity contribution in [1.82, 2.24) is 5.32 Å². The molecule has 3 rings (SSSR count). The Kier molecular flexibility index (Phi) is 7.20. The third kappa shape index (κ3) is 5.64. The molecule has 1 N–H and O–H groups in total. The van der Waals surface area contributed by atoms with Crippen LogP contribution in [0.1, 0.15) is 5.56 Å². The number of carbonyl (C=O) groups excluding carboxylic acids is 2. The van der Waals surface area contributed by atoms with Crippen LogP contribution in [0.25, 0.3) is 0 Å². The van der Waals surface area contributed by atoms with Gasteiger partial charge in [0.25, 0.3) is 5.91 Å². The fourth-order valence-corrected chi connectivity index (χ4v) is 3.32. The van der Waals surface area contributed by atoms with Crippen LogP contribution < -0.4 is 10.1 Å². The molecule has 11 heteroatoms. The first-order valence-electron chi connectivity index (χ1n) is 8.10. The van der Waals surface area contributed by atoms with Gasteiger partial charge in [0.15, 0.2) is 11.5 Å². The van der Waals surface area contributed by atoms with Gasteiger partial charge in [0.1, 0.15) is 12.4 Å². The first-order chi connectivity index (χ1) is 13.5. The maximum absolute atomic E-state index is 11.8. The van der Waals surface area contributed by atoms with Gasteiger partial charge in [-0.05, 0) is 30.0 Å². The second kappa shape index (κ2) is 9.82. The van der Waals surface area contributed by atoms with Crippen LogP contribution in [-0.2, 0) is 23.8 Å². The summed E-state index contributed by atoms with van der Waals surface area (Å²) in [6, 6.07) is 5.45. The molecule has 2 fully saturated rings. The van der Waals surface area contributed by atoms with Crippen LogP contribution in [-0.4, -0.2) is 56.5 Å². The zero-order valence-corrected chi connectivity index (χ0v) is 17.1. The number of esters is 1. The minimum Gasteiger partial charge on any atom is -0.488 e. The van der Waals surface area contributed by atoms with Gasteiger partial charge in [0, 0.05) is 16.1 Å². The van der Waals surface area contributed by atoms with Crippen molar-refractivity contribution in [2.24, 2.45) is 10.2 Å². The zero-order chi connectivity index (χ0) is 19.9. The molecular weight excluding hydrogens is 454 g/mol. The highest BCUT2D eigenvalue weighted by molar-refractivity contribution is 9.10. The lowest BCUT2D eigenvalue weighted by Gasteiger charge is -2.12. The molecule has 2 heterocycles. The Morgan fingerprint density at radius 2 is 2.21 bits per heavy atom. The number of hydrogen-bond donors (Lipinski definition) is 1. The number of carbonyl (C=O) groups is 2. The van der Waals surface area contributed by atoms with Gasteiger partial charge in [-0.3, -0.25) is 10.1 Å². The van der Waals surface area contributed by atoms with E-state index in [4.69, 9.17) is 14.2 Å². The van der Waals surface area contributed by atoms with E-state index < -0.39 is 18.2 Å². The van der Waals surface area contributed by atoms with Gasteiger partial charge in [-0.25, -0.2) is 4.79 Å². The van der Waals surface area contributed by atoms with Crippen molar-refractivity contribution < 1.29 is 28.5 Å². The maximum atomic E-state index is 11.8. The summed E-state index contributed by atoms with van der Waals surface area (Å²) in [6.07, 6.45) is 2.21. The van der Waals surface area contributed by atoms with E-state index in [1.165, 1.54) is 13.3 Å². The van der Waals surface area contributed by atoms with Crippen LogP contribution in [0.3, 0.4) is 0 Å². The van der Waals surface area contributed by atoms with Crippen LogP contribution in [0.2, 0.25) is 0 Å². The standard InChI is InChI=1S/C17H16BrN3O6S/c1-24-14(22)7-13-16(23)20-17(28-13)21-19-8-10-6-11(18)2-3-12(10)27-9-15-25-4-5-26-15/h2-3,6-8,15H,4-5,9H2,1H3,(H,20,21,23)/b13-7+,19-8?. The summed E-state index contributed by atoms with van der Waals surface area (Å²) in [7, 11) is 1.23. The fraction of sp³-hybridized carbons (Fsp3) is 0.294. The van der Waals surface area contributed by atoms with Crippen molar-refractivity contribution in [2.45, 2.75) is 6.29 Å². The molecule has 1 amide bonds. The molecule has 9 nitrogen and oxygen atoms in total. The topological polar surface area (TPSA) is 108 Å². The Morgan fingerprint density at radius 3 is 2.96 bits per heavy atom. The molecule has 0 spiro atoms. The minimum absolute atomic E-state index is 0.184. The molecular formula is C17H16BrN3O6S. The molecule has 2 aliphatic heterocycles. The van der Waals surface area contributed by atoms with Crippen molar-refractivity contribution in [3.8, 4) is 5.75 Å². The summed E-state index contributed by atoms with van der Waals surface area (Å²) in [6.45, 7) is 1.36. The minimum atomic E-state index is -0.617. The lowest BCUT2D eigenvalue weighted by molar-refractivity contribution is -0.135. The largest absolute Gasteiger partial charge is 0.488 e. The van der Waals surface area contributed by atoms with Gasteiger partial charge in [-0.1, -0.05) is 15.9 Å². The maximum Gasteiger partial charge on any atom is 0.331 e. The number of nitrogens with one attached hydrogen (secondary N) is 1. The summed E-state index contributed by atoms with van der Waals surface area (Å²) in [5.41, 5.74) is 0.677. The van der Waals surface area contributed by atoms with Crippen LogP contribution in [0, 0.1) is 0 Å². The Morgan fingerprint density at radius 1 is 1.43 bits per heavy atom. The predicted octanol–water partition coefficient (Wildman–Crippen LogP) is 1.81. The van der Waals surface area contributed by atoms with Gasteiger partial charge in [-0.2, -0.15) is 5.10 Å². The lowest BCUT2D eigenvalue weighted by Crippen LogP contribution is -2.19. The molecule has 0 aliphatic carbocycles. The monoisotopic (exact) mass is 469 g/mol. The average Bonchev–Trinajstić information content (AvgIpc) is 3.31. The highest BCUT2D eigenvalue weighted by Crippen LogP contribution is 2.24. The Hall–Kier alpha value is -2.21. The Bertz CT molecular complexity index is 851. The summed E-state index contributed by atoms with van der Waals surface area (Å²) < 4.78 is 21.8. The van der Waals surface area contributed by atoms with E-state index in [1.54, 1.807) is 6.07 Å². The van der Waals surface area contributed by atoms with Crippen LogP contribution in [0.4, 0.5) is 0 Å². The number of halogens is 1. The number of thioether (sulfide) groups is 1. The van der Waals surface area contributed by atoms with Crippen LogP contribution in [0.5, 0.6) is 5.75 Å². The molecule has 0 saturated carbocycles. The Labute approximate surface area is 173 Å². The number of hydrogen-bond acceptors (Lipinski definition) is 9. The predicted molar refractivity (Wildman–Crippen MR) is 106 cm³/mol. The molecule has 1 aromatic carbocycles. The van der Waals surface area contributed by atoms with Crippen LogP contribution >= 0.6 is 27.7 Å². The summed E-state index contributed by atoms with van der Waals surface area (Å²) >= 11 is 4.40. The molecule has 0 bridgehead atoms. The number of amidine groups is 1. The van der Waals surface area contributed by atoms with Crippen molar-refractivity contribution in [1.29, 1.82) is 0 Å². The van der Waals surface area contributed by atoms with E-state index in [-0.39, 0.29) is 16.7 Å². The molecule has 0 unspecified atom stereocenters. The third-order valence-corrected chi connectivity index (χ3v) is 4.88. The molecule has 2 aliphatic rings. The van der Waals surface area contributed by atoms with Gasteiger partial charge >= 0.3 is 5.97 Å². The summed E-state index contributed by atoms with van der Waals surface area (Å²) in [5, 5.41) is 10.7. The molecule has 0 radical (unpaired) electrons. The first-order valence-corrected chi connectivity index (χ1v) is 9.71. The van der Waals surface area contributed by atoms with E-state index in [0.717, 1.165) is 22.3 Å². The lowest BCUT2D eigenvalue weighted by atomic mass is 10.2. The fourth-order valence-electron chi connectivity index (χ4n) is 2.20. The van der Waals surface area contributed by atoms with E-state index >= 15 is 0 Å². The van der Waals surface area contributed by atoms with Crippen molar-refractivity contribution in [3.63, 3.8) is 0 Å². The van der Waals surface area contributed by atoms with E-state index in [0.29, 0.717) is 24.5 Å². The SMILES string of the molecule is COC(=O)/C=C1/S/C(=N\N=Cc2cc(Br)ccc2OCC2OCCO2)NC1=O. The highest BCUT2D eigenvalue weighted by Gasteiger charge is 2.25. The Balaban J connectivity index is 1.67. The number of amides is 1. The molecule has 2 saturated heterocycles. The first kappa shape index (κ1) is 20.5. The second-order valence-electron chi connectivity index (χ2n) is 5.40. The average molecular weight is 470 g/mol. The summed E-state index contributed by atoms with van der Waals surface area (Å²) in [4.78, 5) is 23.2. The van der Waals surface area contributed by atoms with Crippen molar-refractivity contribution >= 4 is 51.0 Å². The number of benzene rings is 1. The molecule has 28 heavy (non-hydrogen) atoms. The van der Waals surface area contributed by atoms with E-state index in [9.17, 15) is 9.59 Å². The quantitative estimate of drug-likeness (QED) is 0.293. The van der Waals surface area contributed by atoms with Gasteiger partial charge < -0.3 is 18.9 Å². The number of methoxy groups -OCH3 is 1. The second-order valence-corrected chi connectivity index (χ2v) is 7.35. The molecule has 1 aromatic rings. The summed E-state index contributed by atoms with van der Waals surface area (Å²) in [5.74, 6) is -0.471. The van der Waals surface area contributed by atoms with Gasteiger partial charge in [-0.15, -0.1) is 5.10 Å². The smallest absolute Gasteiger partial charge is 0.331 e.